The van der Waals surface area contributed by atoms with Gasteiger partial charge in [0.15, 0.2) is 0 Å². The standard InChI is InChI=1S/C14H28O2/c1-12(2)8-5-6-11-16-14(15)10-7-9-13(3)4/h12-13H,5-11H2,1-4H3. The molecule has 0 rings (SSSR count). The van der Waals surface area contributed by atoms with E-state index in [9.17, 15) is 4.79 Å². The van der Waals surface area contributed by atoms with E-state index in [1.807, 2.05) is 0 Å². The first-order chi connectivity index (χ1) is 7.52. The fourth-order valence-corrected chi connectivity index (χ4v) is 1.57. The first kappa shape index (κ1) is 15.5. The highest BCUT2D eigenvalue weighted by Gasteiger charge is 2.03. The maximum Gasteiger partial charge on any atom is 0.305 e. The van der Waals surface area contributed by atoms with E-state index >= 15 is 0 Å². The smallest absolute Gasteiger partial charge is 0.305 e. The molecule has 0 amide bonds. The van der Waals surface area contributed by atoms with Crippen LogP contribution in [0.15, 0.2) is 0 Å². The lowest BCUT2D eigenvalue weighted by Crippen LogP contribution is -2.06. The first-order valence-corrected chi connectivity index (χ1v) is 6.68. The largest absolute Gasteiger partial charge is 0.466 e. The molecule has 0 aromatic heterocycles. The molecule has 0 aliphatic rings. The summed E-state index contributed by atoms with van der Waals surface area (Å²) in [6.45, 7) is 9.40. The molecule has 0 atom stereocenters. The fourth-order valence-electron chi connectivity index (χ4n) is 1.57. The normalized spacial score (nSPS) is 11.1. The van der Waals surface area contributed by atoms with Crippen molar-refractivity contribution < 1.29 is 9.53 Å². The average molecular weight is 228 g/mol. The Morgan fingerprint density at radius 1 is 0.938 bits per heavy atom. The zero-order valence-corrected chi connectivity index (χ0v) is 11.4. The molecule has 0 fully saturated rings. The van der Waals surface area contributed by atoms with E-state index in [0.29, 0.717) is 18.9 Å². The highest BCUT2D eigenvalue weighted by Crippen LogP contribution is 2.08. The maximum atomic E-state index is 11.3. The van der Waals surface area contributed by atoms with Crippen LogP contribution in [0.25, 0.3) is 0 Å². The van der Waals surface area contributed by atoms with Crippen molar-refractivity contribution in [1.29, 1.82) is 0 Å². The Kier molecular flexibility index (Phi) is 9.36. The van der Waals surface area contributed by atoms with Gasteiger partial charge in [0.25, 0.3) is 0 Å². The quantitative estimate of drug-likeness (QED) is 0.437. The number of unbranched alkanes of at least 4 members (excludes halogenated alkanes) is 1. The van der Waals surface area contributed by atoms with Gasteiger partial charge >= 0.3 is 5.97 Å². The molecule has 0 unspecified atom stereocenters. The Balaban J connectivity index is 3.24. The van der Waals surface area contributed by atoms with Gasteiger partial charge in [0.05, 0.1) is 6.61 Å². The van der Waals surface area contributed by atoms with Crippen LogP contribution < -0.4 is 0 Å². The second-order valence-corrected chi connectivity index (χ2v) is 5.40. The molecule has 0 aliphatic heterocycles. The van der Waals surface area contributed by atoms with Crippen molar-refractivity contribution in [2.75, 3.05) is 6.61 Å². The van der Waals surface area contributed by atoms with E-state index in [4.69, 9.17) is 4.74 Å². The number of esters is 1. The van der Waals surface area contributed by atoms with Crippen LogP contribution in [0, 0.1) is 11.8 Å². The first-order valence-electron chi connectivity index (χ1n) is 6.68. The lowest BCUT2D eigenvalue weighted by Gasteiger charge is -2.07. The van der Waals surface area contributed by atoms with Crippen molar-refractivity contribution in [3.05, 3.63) is 0 Å². The number of ether oxygens (including phenoxy) is 1. The molecule has 2 nitrogen and oxygen atoms in total. The van der Waals surface area contributed by atoms with E-state index in [2.05, 4.69) is 27.7 Å². The third-order valence-electron chi connectivity index (χ3n) is 2.60. The Morgan fingerprint density at radius 3 is 2.06 bits per heavy atom. The van der Waals surface area contributed by atoms with E-state index in [0.717, 1.165) is 31.6 Å². The van der Waals surface area contributed by atoms with Gasteiger partial charge in [-0.1, -0.05) is 40.5 Å². The number of rotatable bonds is 9. The minimum absolute atomic E-state index is 0.0230. The monoisotopic (exact) mass is 228 g/mol. The Hall–Kier alpha value is -0.530. The number of carbonyl (C=O) groups is 1. The van der Waals surface area contributed by atoms with E-state index < -0.39 is 0 Å². The third kappa shape index (κ3) is 11.5. The number of carbonyl (C=O) groups excluding carboxylic acids is 1. The molecule has 0 aromatic carbocycles. The van der Waals surface area contributed by atoms with Crippen LogP contribution in [0.5, 0.6) is 0 Å². The summed E-state index contributed by atoms with van der Waals surface area (Å²) in [5, 5.41) is 0. The molecule has 0 radical (unpaired) electrons. The van der Waals surface area contributed by atoms with Crippen LogP contribution in [0.3, 0.4) is 0 Å². The van der Waals surface area contributed by atoms with Crippen LogP contribution in [0.4, 0.5) is 0 Å². The summed E-state index contributed by atoms with van der Waals surface area (Å²) in [7, 11) is 0. The van der Waals surface area contributed by atoms with Crippen LogP contribution >= 0.6 is 0 Å². The summed E-state index contributed by atoms with van der Waals surface area (Å²) in [6.07, 6.45) is 6.06. The van der Waals surface area contributed by atoms with Crippen molar-refractivity contribution in [3.8, 4) is 0 Å². The minimum atomic E-state index is -0.0230. The lowest BCUT2D eigenvalue weighted by atomic mass is 10.1. The zero-order valence-electron chi connectivity index (χ0n) is 11.4. The van der Waals surface area contributed by atoms with E-state index in [-0.39, 0.29) is 5.97 Å². The van der Waals surface area contributed by atoms with Gasteiger partial charge in [-0.2, -0.15) is 0 Å². The SMILES string of the molecule is CC(C)CCCCOC(=O)CCCC(C)C. The van der Waals surface area contributed by atoms with Crippen LogP contribution in [0.2, 0.25) is 0 Å². The van der Waals surface area contributed by atoms with Crippen LogP contribution in [-0.2, 0) is 9.53 Å². The van der Waals surface area contributed by atoms with Gasteiger partial charge in [-0.25, -0.2) is 0 Å². The van der Waals surface area contributed by atoms with Crippen LogP contribution in [0.1, 0.15) is 66.2 Å². The molecule has 96 valence electrons. The highest BCUT2D eigenvalue weighted by molar-refractivity contribution is 5.69. The Morgan fingerprint density at radius 2 is 1.50 bits per heavy atom. The molecule has 0 N–H and O–H groups in total. The third-order valence-corrected chi connectivity index (χ3v) is 2.60. The predicted molar refractivity (Wildman–Crippen MR) is 68.3 cm³/mol. The molecule has 0 aliphatic carbocycles. The lowest BCUT2D eigenvalue weighted by molar-refractivity contribution is -0.143. The van der Waals surface area contributed by atoms with Crippen molar-refractivity contribution >= 4 is 5.97 Å². The van der Waals surface area contributed by atoms with Gasteiger partial charge in [0, 0.05) is 6.42 Å². The van der Waals surface area contributed by atoms with E-state index in [1.54, 1.807) is 0 Å². The van der Waals surface area contributed by atoms with Gasteiger partial charge < -0.3 is 4.74 Å². The van der Waals surface area contributed by atoms with Crippen molar-refractivity contribution in [3.63, 3.8) is 0 Å². The molecular weight excluding hydrogens is 200 g/mol. The summed E-state index contributed by atoms with van der Waals surface area (Å²) in [4.78, 5) is 11.3. The molecule has 0 spiro atoms. The summed E-state index contributed by atoms with van der Waals surface area (Å²) in [6, 6.07) is 0. The summed E-state index contributed by atoms with van der Waals surface area (Å²) < 4.78 is 5.17. The molecule has 0 saturated carbocycles. The topological polar surface area (TPSA) is 26.3 Å². The van der Waals surface area contributed by atoms with Gasteiger partial charge in [0.2, 0.25) is 0 Å². The Labute approximate surface area is 101 Å². The molecular formula is C14H28O2. The minimum Gasteiger partial charge on any atom is -0.466 e. The van der Waals surface area contributed by atoms with Gasteiger partial charge in [-0.3, -0.25) is 4.79 Å². The maximum absolute atomic E-state index is 11.3. The summed E-state index contributed by atoms with van der Waals surface area (Å²) in [5.74, 6) is 1.41. The molecule has 16 heavy (non-hydrogen) atoms. The highest BCUT2D eigenvalue weighted by atomic mass is 16.5. The molecule has 0 bridgehead atoms. The van der Waals surface area contributed by atoms with Crippen LogP contribution in [-0.4, -0.2) is 12.6 Å². The second-order valence-electron chi connectivity index (χ2n) is 5.40. The summed E-state index contributed by atoms with van der Waals surface area (Å²) >= 11 is 0. The van der Waals surface area contributed by atoms with Gasteiger partial charge in [0.1, 0.15) is 0 Å². The van der Waals surface area contributed by atoms with E-state index in [1.165, 1.54) is 6.42 Å². The van der Waals surface area contributed by atoms with Crippen molar-refractivity contribution in [2.45, 2.75) is 66.2 Å². The molecule has 0 saturated heterocycles. The molecule has 0 heterocycles. The Bertz CT molecular complexity index is 174. The average Bonchev–Trinajstić information content (AvgIpc) is 2.16. The molecule has 0 aromatic rings. The zero-order chi connectivity index (χ0) is 12.4. The molecule has 2 heteroatoms. The van der Waals surface area contributed by atoms with Crippen molar-refractivity contribution in [1.82, 2.24) is 0 Å². The van der Waals surface area contributed by atoms with Gasteiger partial charge in [-0.05, 0) is 31.1 Å². The fraction of sp³-hybridized carbons (Fsp3) is 0.929. The second kappa shape index (κ2) is 9.68. The number of hydrogen-bond acceptors (Lipinski definition) is 2. The van der Waals surface area contributed by atoms with Crippen molar-refractivity contribution in [2.24, 2.45) is 11.8 Å². The summed E-state index contributed by atoms with van der Waals surface area (Å²) in [5.41, 5.74) is 0. The predicted octanol–water partition coefficient (Wildman–Crippen LogP) is 4.18. The van der Waals surface area contributed by atoms with Gasteiger partial charge in [-0.15, -0.1) is 0 Å². The number of hydrogen-bond donors (Lipinski definition) is 0.